The molecule has 0 atom stereocenters. The van der Waals surface area contributed by atoms with Gasteiger partial charge in [0, 0.05) is 19.2 Å². The van der Waals surface area contributed by atoms with E-state index in [9.17, 15) is 4.79 Å². The van der Waals surface area contributed by atoms with E-state index < -0.39 is 0 Å². The number of hydrogen-bond acceptors (Lipinski definition) is 3. The van der Waals surface area contributed by atoms with Gasteiger partial charge in [-0.05, 0) is 30.9 Å². The molecule has 1 aliphatic rings. The van der Waals surface area contributed by atoms with Crippen molar-refractivity contribution >= 4 is 5.91 Å². The zero-order valence-electron chi connectivity index (χ0n) is 12.5. The van der Waals surface area contributed by atoms with Gasteiger partial charge in [-0.1, -0.05) is 13.3 Å². The van der Waals surface area contributed by atoms with E-state index in [1.54, 1.807) is 32.4 Å². The zero-order valence-corrected chi connectivity index (χ0v) is 12.5. The number of rotatable bonds is 4. The van der Waals surface area contributed by atoms with Crippen LogP contribution in [0, 0.1) is 5.92 Å². The first-order chi connectivity index (χ1) is 9.69. The van der Waals surface area contributed by atoms with Crippen LogP contribution in [0.3, 0.4) is 0 Å². The Morgan fingerprint density at radius 1 is 1.25 bits per heavy atom. The van der Waals surface area contributed by atoms with Crippen molar-refractivity contribution in [1.29, 1.82) is 0 Å². The van der Waals surface area contributed by atoms with Crippen LogP contribution in [-0.2, 0) is 0 Å². The summed E-state index contributed by atoms with van der Waals surface area (Å²) in [5.74, 6) is 2.09. The number of ether oxygens (including phenoxy) is 2. The van der Waals surface area contributed by atoms with Crippen molar-refractivity contribution in [3.05, 3.63) is 23.8 Å². The Bertz CT molecular complexity index is 465. The Balaban J connectivity index is 2.13. The van der Waals surface area contributed by atoms with Gasteiger partial charge in [-0.15, -0.1) is 0 Å². The number of piperidine rings is 1. The minimum Gasteiger partial charge on any atom is -0.497 e. The van der Waals surface area contributed by atoms with E-state index in [4.69, 9.17) is 9.47 Å². The SMILES string of the molecule is CCC1CCN(C(=O)c2ccc(OC)cc2OC)CC1. The smallest absolute Gasteiger partial charge is 0.257 e. The molecule has 0 saturated carbocycles. The summed E-state index contributed by atoms with van der Waals surface area (Å²) in [5.41, 5.74) is 0.614. The summed E-state index contributed by atoms with van der Waals surface area (Å²) in [6.45, 7) is 3.90. The monoisotopic (exact) mass is 277 g/mol. The molecule has 1 amide bonds. The molecule has 20 heavy (non-hydrogen) atoms. The molecule has 0 bridgehead atoms. The molecule has 1 saturated heterocycles. The van der Waals surface area contributed by atoms with E-state index >= 15 is 0 Å². The average Bonchev–Trinajstić information content (AvgIpc) is 2.53. The van der Waals surface area contributed by atoms with Gasteiger partial charge in [-0.2, -0.15) is 0 Å². The minimum absolute atomic E-state index is 0.0547. The lowest BCUT2D eigenvalue weighted by molar-refractivity contribution is 0.0685. The topological polar surface area (TPSA) is 38.8 Å². The van der Waals surface area contributed by atoms with Crippen LogP contribution in [0.4, 0.5) is 0 Å². The lowest BCUT2D eigenvalue weighted by Crippen LogP contribution is -2.38. The molecule has 110 valence electrons. The lowest BCUT2D eigenvalue weighted by Gasteiger charge is -2.31. The van der Waals surface area contributed by atoms with Crippen LogP contribution in [0.15, 0.2) is 18.2 Å². The maximum absolute atomic E-state index is 12.6. The maximum atomic E-state index is 12.6. The highest BCUT2D eigenvalue weighted by atomic mass is 16.5. The fourth-order valence-electron chi connectivity index (χ4n) is 2.69. The molecule has 4 heteroatoms. The van der Waals surface area contributed by atoms with Gasteiger partial charge < -0.3 is 14.4 Å². The fraction of sp³-hybridized carbons (Fsp3) is 0.562. The van der Waals surface area contributed by atoms with Crippen LogP contribution in [0.5, 0.6) is 11.5 Å². The summed E-state index contributed by atoms with van der Waals surface area (Å²) in [7, 11) is 3.18. The molecule has 1 aromatic rings. The Morgan fingerprint density at radius 3 is 2.50 bits per heavy atom. The van der Waals surface area contributed by atoms with Gasteiger partial charge in [0.1, 0.15) is 11.5 Å². The van der Waals surface area contributed by atoms with Gasteiger partial charge >= 0.3 is 0 Å². The summed E-state index contributed by atoms with van der Waals surface area (Å²) in [5, 5.41) is 0. The van der Waals surface area contributed by atoms with Gasteiger partial charge in [0.2, 0.25) is 0 Å². The van der Waals surface area contributed by atoms with E-state index in [0.717, 1.165) is 31.8 Å². The average molecular weight is 277 g/mol. The molecule has 1 aliphatic heterocycles. The van der Waals surface area contributed by atoms with Crippen LogP contribution in [-0.4, -0.2) is 38.1 Å². The second-order valence-electron chi connectivity index (χ2n) is 5.21. The van der Waals surface area contributed by atoms with Crippen molar-refractivity contribution in [3.8, 4) is 11.5 Å². The van der Waals surface area contributed by atoms with Crippen LogP contribution in [0.25, 0.3) is 0 Å². The van der Waals surface area contributed by atoms with Crippen molar-refractivity contribution in [2.45, 2.75) is 26.2 Å². The number of amides is 1. The molecule has 0 spiro atoms. The number of methoxy groups -OCH3 is 2. The van der Waals surface area contributed by atoms with E-state index in [1.165, 1.54) is 6.42 Å². The zero-order chi connectivity index (χ0) is 14.5. The van der Waals surface area contributed by atoms with Crippen molar-refractivity contribution in [1.82, 2.24) is 4.90 Å². The van der Waals surface area contributed by atoms with Crippen LogP contribution in [0.1, 0.15) is 36.5 Å². The number of carbonyl (C=O) groups excluding carboxylic acids is 1. The number of nitrogens with zero attached hydrogens (tertiary/aromatic N) is 1. The first-order valence-corrected chi connectivity index (χ1v) is 7.20. The quantitative estimate of drug-likeness (QED) is 0.849. The maximum Gasteiger partial charge on any atom is 0.257 e. The Labute approximate surface area is 120 Å². The molecule has 0 unspecified atom stereocenters. The molecule has 0 N–H and O–H groups in total. The van der Waals surface area contributed by atoms with Gasteiger partial charge in [0.25, 0.3) is 5.91 Å². The summed E-state index contributed by atoms with van der Waals surface area (Å²) in [6.07, 6.45) is 3.40. The van der Waals surface area contributed by atoms with Crippen molar-refractivity contribution in [2.24, 2.45) is 5.92 Å². The lowest BCUT2D eigenvalue weighted by atomic mass is 9.94. The molecule has 1 fully saturated rings. The molecule has 2 rings (SSSR count). The van der Waals surface area contributed by atoms with E-state index in [2.05, 4.69) is 6.92 Å². The summed E-state index contributed by atoms with van der Waals surface area (Å²) >= 11 is 0. The second-order valence-corrected chi connectivity index (χ2v) is 5.21. The standard InChI is InChI=1S/C16H23NO3/c1-4-12-7-9-17(10-8-12)16(18)14-6-5-13(19-2)11-15(14)20-3/h5-6,11-12H,4,7-10H2,1-3H3. The van der Waals surface area contributed by atoms with Gasteiger partial charge in [0.05, 0.1) is 19.8 Å². The van der Waals surface area contributed by atoms with Crippen LogP contribution in [0.2, 0.25) is 0 Å². The third kappa shape index (κ3) is 3.06. The first-order valence-electron chi connectivity index (χ1n) is 7.20. The van der Waals surface area contributed by atoms with Crippen molar-refractivity contribution in [2.75, 3.05) is 27.3 Å². The predicted octanol–water partition coefficient (Wildman–Crippen LogP) is 2.97. The molecule has 0 aliphatic carbocycles. The van der Waals surface area contributed by atoms with E-state index in [0.29, 0.717) is 17.1 Å². The Morgan fingerprint density at radius 2 is 1.95 bits per heavy atom. The van der Waals surface area contributed by atoms with E-state index in [-0.39, 0.29) is 5.91 Å². The number of carbonyl (C=O) groups is 1. The fourth-order valence-corrected chi connectivity index (χ4v) is 2.69. The van der Waals surface area contributed by atoms with Gasteiger partial charge in [0.15, 0.2) is 0 Å². The molecule has 0 radical (unpaired) electrons. The molecular formula is C16H23NO3. The summed E-state index contributed by atoms with van der Waals surface area (Å²) in [6, 6.07) is 5.34. The number of likely N-dealkylation sites (tertiary alicyclic amines) is 1. The highest BCUT2D eigenvalue weighted by molar-refractivity contribution is 5.97. The van der Waals surface area contributed by atoms with Gasteiger partial charge in [-0.25, -0.2) is 0 Å². The first kappa shape index (κ1) is 14.7. The molecule has 0 aromatic heterocycles. The Hall–Kier alpha value is -1.71. The minimum atomic E-state index is 0.0547. The largest absolute Gasteiger partial charge is 0.497 e. The normalized spacial score (nSPS) is 16.1. The highest BCUT2D eigenvalue weighted by Gasteiger charge is 2.24. The van der Waals surface area contributed by atoms with E-state index in [1.807, 2.05) is 4.90 Å². The highest BCUT2D eigenvalue weighted by Crippen LogP contribution is 2.28. The third-order valence-corrected chi connectivity index (χ3v) is 4.12. The molecule has 1 heterocycles. The molecule has 4 nitrogen and oxygen atoms in total. The van der Waals surface area contributed by atoms with Crippen molar-refractivity contribution < 1.29 is 14.3 Å². The number of hydrogen-bond donors (Lipinski definition) is 0. The number of benzene rings is 1. The predicted molar refractivity (Wildman–Crippen MR) is 78.5 cm³/mol. The van der Waals surface area contributed by atoms with Crippen molar-refractivity contribution in [3.63, 3.8) is 0 Å². The Kier molecular flexibility index (Phi) is 4.88. The second kappa shape index (κ2) is 6.64. The molecular weight excluding hydrogens is 254 g/mol. The third-order valence-electron chi connectivity index (χ3n) is 4.12. The van der Waals surface area contributed by atoms with Gasteiger partial charge in [-0.3, -0.25) is 4.79 Å². The van der Waals surface area contributed by atoms with Crippen LogP contribution >= 0.6 is 0 Å². The van der Waals surface area contributed by atoms with Crippen LogP contribution < -0.4 is 9.47 Å². The summed E-state index contributed by atoms with van der Waals surface area (Å²) in [4.78, 5) is 14.5. The summed E-state index contributed by atoms with van der Waals surface area (Å²) < 4.78 is 10.5. The molecule has 1 aromatic carbocycles.